The molecule has 0 radical (unpaired) electrons. The van der Waals surface area contributed by atoms with Crippen LogP contribution in [0.3, 0.4) is 0 Å². The first-order chi connectivity index (χ1) is 15.1. The summed E-state index contributed by atoms with van der Waals surface area (Å²) in [6, 6.07) is 21.5. The second kappa shape index (κ2) is 10.0. The SMILES string of the molecule is Cc1ccccc1Cc1ccccc1Cc1cc(C)c(OCC(=O)OC(C)(C)C)c(C)c1. The van der Waals surface area contributed by atoms with Gasteiger partial charge in [0.25, 0.3) is 0 Å². The third kappa shape index (κ3) is 6.46. The van der Waals surface area contributed by atoms with Gasteiger partial charge in [-0.1, -0.05) is 60.7 Å². The van der Waals surface area contributed by atoms with Crippen molar-refractivity contribution in [2.75, 3.05) is 6.61 Å². The molecule has 0 aliphatic rings. The van der Waals surface area contributed by atoms with Crippen molar-refractivity contribution in [2.45, 2.75) is 60.0 Å². The maximum atomic E-state index is 12.0. The highest BCUT2D eigenvalue weighted by atomic mass is 16.6. The zero-order valence-electron chi connectivity index (χ0n) is 20.1. The summed E-state index contributed by atoms with van der Waals surface area (Å²) < 4.78 is 11.2. The van der Waals surface area contributed by atoms with E-state index in [4.69, 9.17) is 9.47 Å². The van der Waals surface area contributed by atoms with Gasteiger partial charge in [-0.2, -0.15) is 0 Å². The number of carbonyl (C=O) groups is 1. The van der Waals surface area contributed by atoms with Crippen LogP contribution in [0.15, 0.2) is 60.7 Å². The van der Waals surface area contributed by atoms with Crippen LogP contribution in [-0.4, -0.2) is 18.2 Å². The highest BCUT2D eigenvalue weighted by molar-refractivity contribution is 5.71. The first-order valence-corrected chi connectivity index (χ1v) is 11.2. The topological polar surface area (TPSA) is 35.5 Å². The Bertz CT molecular complexity index is 1070. The van der Waals surface area contributed by atoms with E-state index in [-0.39, 0.29) is 12.6 Å². The van der Waals surface area contributed by atoms with E-state index in [0.29, 0.717) is 0 Å². The molecule has 0 amide bonds. The lowest BCUT2D eigenvalue weighted by atomic mass is 9.92. The van der Waals surface area contributed by atoms with Crippen molar-refractivity contribution in [3.8, 4) is 5.75 Å². The highest BCUT2D eigenvalue weighted by Gasteiger charge is 2.17. The van der Waals surface area contributed by atoms with Crippen LogP contribution in [0.2, 0.25) is 0 Å². The molecule has 32 heavy (non-hydrogen) atoms. The normalized spacial score (nSPS) is 11.3. The molecule has 0 bridgehead atoms. The van der Waals surface area contributed by atoms with Crippen molar-refractivity contribution >= 4 is 5.97 Å². The molecule has 0 aliphatic carbocycles. The fourth-order valence-electron chi connectivity index (χ4n) is 4.01. The second-order valence-corrected chi connectivity index (χ2v) is 9.48. The lowest BCUT2D eigenvalue weighted by molar-refractivity contribution is -0.157. The van der Waals surface area contributed by atoms with E-state index in [9.17, 15) is 4.79 Å². The van der Waals surface area contributed by atoms with Crippen molar-refractivity contribution in [1.82, 2.24) is 0 Å². The van der Waals surface area contributed by atoms with Crippen molar-refractivity contribution in [3.05, 3.63) is 99.6 Å². The summed E-state index contributed by atoms with van der Waals surface area (Å²) in [4.78, 5) is 12.0. The maximum Gasteiger partial charge on any atom is 0.344 e. The predicted octanol–water partition coefficient (Wildman–Crippen LogP) is 6.51. The fraction of sp³-hybridized carbons (Fsp3) is 0.345. The van der Waals surface area contributed by atoms with E-state index in [2.05, 4.69) is 67.6 Å². The average Bonchev–Trinajstić information content (AvgIpc) is 2.69. The third-order valence-corrected chi connectivity index (χ3v) is 5.43. The number of hydrogen-bond acceptors (Lipinski definition) is 3. The van der Waals surface area contributed by atoms with Crippen molar-refractivity contribution in [3.63, 3.8) is 0 Å². The monoisotopic (exact) mass is 430 g/mol. The molecule has 0 aromatic heterocycles. The molecule has 0 heterocycles. The van der Waals surface area contributed by atoms with E-state index < -0.39 is 5.60 Å². The number of benzene rings is 3. The summed E-state index contributed by atoms with van der Waals surface area (Å²) in [5.41, 5.74) is 8.14. The number of aryl methyl sites for hydroxylation is 3. The molecule has 3 aromatic rings. The van der Waals surface area contributed by atoms with Gasteiger partial charge in [0.05, 0.1) is 0 Å². The predicted molar refractivity (Wildman–Crippen MR) is 130 cm³/mol. The molecule has 168 valence electrons. The minimum Gasteiger partial charge on any atom is -0.481 e. The quantitative estimate of drug-likeness (QED) is 0.401. The lowest BCUT2D eigenvalue weighted by Crippen LogP contribution is -2.27. The molecule has 3 rings (SSSR count). The molecule has 0 saturated heterocycles. The lowest BCUT2D eigenvalue weighted by Gasteiger charge is -2.20. The maximum absolute atomic E-state index is 12.0. The van der Waals surface area contributed by atoms with Gasteiger partial charge in [-0.05, 0) is 93.3 Å². The van der Waals surface area contributed by atoms with E-state index in [1.807, 2.05) is 34.6 Å². The first-order valence-electron chi connectivity index (χ1n) is 11.2. The number of esters is 1. The van der Waals surface area contributed by atoms with Gasteiger partial charge in [0.2, 0.25) is 0 Å². The molecule has 0 atom stereocenters. The Morgan fingerprint density at radius 1 is 0.750 bits per heavy atom. The van der Waals surface area contributed by atoms with Crippen molar-refractivity contribution in [1.29, 1.82) is 0 Å². The number of ether oxygens (including phenoxy) is 2. The van der Waals surface area contributed by atoms with Crippen LogP contribution in [0.4, 0.5) is 0 Å². The van der Waals surface area contributed by atoms with Gasteiger partial charge in [0.1, 0.15) is 11.4 Å². The molecule has 0 saturated carbocycles. The molecule has 0 N–H and O–H groups in total. The fourth-order valence-corrected chi connectivity index (χ4v) is 4.01. The smallest absolute Gasteiger partial charge is 0.344 e. The van der Waals surface area contributed by atoms with Gasteiger partial charge in [-0.3, -0.25) is 0 Å². The van der Waals surface area contributed by atoms with E-state index in [0.717, 1.165) is 29.7 Å². The Morgan fingerprint density at radius 2 is 1.28 bits per heavy atom. The van der Waals surface area contributed by atoms with Gasteiger partial charge in [-0.25, -0.2) is 4.79 Å². The summed E-state index contributed by atoms with van der Waals surface area (Å²) in [6.07, 6.45) is 1.79. The summed E-state index contributed by atoms with van der Waals surface area (Å²) in [7, 11) is 0. The average molecular weight is 431 g/mol. The molecular formula is C29H34O3. The molecule has 3 nitrogen and oxygen atoms in total. The van der Waals surface area contributed by atoms with Crippen LogP contribution in [0.25, 0.3) is 0 Å². The number of hydrogen-bond donors (Lipinski definition) is 0. The highest BCUT2D eigenvalue weighted by Crippen LogP contribution is 2.27. The molecule has 3 heteroatoms. The van der Waals surface area contributed by atoms with Gasteiger partial charge in [0.15, 0.2) is 6.61 Å². The van der Waals surface area contributed by atoms with Crippen molar-refractivity contribution < 1.29 is 14.3 Å². The van der Waals surface area contributed by atoms with Gasteiger partial charge in [-0.15, -0.1) is 0 Å². The van der Waals surface area contributed by atoms with Gasteiger partial charge in [0, 0.05) is 0 Å². The van der Waals surface area contributed by atoms with Crippen molar-refractivity contribution in [2.24, 2.45) is 0 Å². The molecule has 0 fully saturated rings. The van der Waals surface area contributed by atoms with E-state index >= 15 is 0 Å². The summed E-state index contributed by atoms with van der Waals surface area (Å²) in [5.74, 6) is 0.401. The molecular weight excluding hydrogens is 396 g/mol. The molecule has 0 unspecified atom stereocenters. The minimum absolute atomic E-state index is 0.0858. The molecule has 3 aromatic carbocycles. The second-order valence-electron chi connectivity index (χ2n) is 9.48. The number of carbonyl (C=O) groups excluding carboxylic acids is 1. The Balaban J connectivity index is 1.75. The van der Waals surface area contributed by atoms with Crippen LogP contribution in [0, 0.1) is 20.8 Å². The van der Waals surface area contributed by atoms with Crippen LogP contribution in [0.1, 0.15) is 59.7 Å². The van der Waals surface area contributed by atoms with Crippen LogP contribution < -0.4 is 4.74 Å². The Hall–Kier alpha value is -3.07. The van der Waals surface area contributed by atoms with Crippen LogP contribution in [0.5, 0.6) is 5.75 Å². The summed E-state index contributed by atoms with van der Waals surface area (Å²) >= 11 is 0. The first kappa shape index (κ1) is 23.6. The van der Waals surface area contributed by atoms with Crippen LogP contribution in [-0.2, 0) is 22.4 Å². The zero-order chi connectivity index (χ0) is 23.3. The zero-order valence-corrected chi connectivity index (χ0v) is 20.1. The minimum atomic E-state index is -0.514. The van der Waals surface area contributed by atoms with E-state index in [1.165, 1.54) is 27.8 Å². The van der Waals surface area contributed by atoms with E-state index in [1.54, 1.807) is 0 Å². The summed E-state index contributed by atoms with van der Waals surface area (Å²) in [6.45, 7) is 11.7. The largest absolute Gasteiger partial charge is 0.481 e. The Morgan fingerprint density at radius 3 is 1.84 bits per heavy atom. The summed E-state index contributed by atoms with van der Waals surface area (Å²) in [5, 5.41) is 0. The number of rotatable bonds is 7. The third-order valence-electron chi connectivity index (χ3n) is 5.43. The van der Waals surface area contributed by atoms with Crippen LogP contribution >= 0.6 is 0 Å². The Labute approximate surface area is 192 Å². The standard InChI is InChI=1S/C29H34O3/c1-20-11-7-8-12-24(20)18-26-14-10-9-13-25(26)17-23-15-21(2)28(22(3)16-23)31-19-27(30)32-29(4,5)6/h7-16H,17-19H2,1-6H3. The molecule has 0 aliphatic heterocycles. The van der Waals surface area contributed by atoms with Gasteiger partial charge >= 0.3 is 5.97 Å². The van der Waals surface area contributed by atoms with Gasteiger partial charge < -0.3 is 9.47 Å². The molecule has 0 spiro atoms. The Kier molecular flexibility index (Phi) is 7.40.